The number of aromatic nitrogens is 4. The third kappa shape index (κ3) is 3.64. The molecule has 0 radical (unpaired) electrons. The minimum absolute atomic E-state index is 0.0776. The highest BCUT2D eigenvalue weighted by Crippen LogP contribution is 2.33. The second kappa shape index (κ2) is 7.85. The van der Waals surface area contributed by atoms with Crippen LogP contribution in [0.25, 0.3) is 11.4 Å². The predicted octanol–water partition coefficient (Wildman–Crippen LogP) is 4.03. The highest BCUT2D eigenvalue weighted by molar-refractivity contribution is 7.08. The Bertz CT molecular complexity index is 1180. The molecule has 0 aliphatic carbocycles. The van der Waals surface area contributed by atoms with Gasteiger partial charge in [-0.2, -0.15) is 21.2 Å². The van der Waals surface area contributed by atoms with Crippen LogP contribution in [0.2, 0.25) is 5.02 Å². The number of rotatable bonds is 5. The highest BCUT2D eigenvalue weighted by Gasteiger charge is 2.35. The van der Waals surface area contributed by atoms with Crippen LogP contribution in [-0.2, 0) is 11.3 Å². The maximum Gasteiger partial charge on any atom is 0.267 e. The molecule has 1 aromatic carbocycles. The first kappa shape index (κ1) is 18.7. The zero-order valence-electron chi connectivity index (χ0n) is 15.6. The lowest BCUT2D eigenvalue weighted by molar-refractivity contribution is -0.134. The standard InChI is InChI=1S/C20H15ClN6O2S/c21-15-5-3-13(4-6-15)16-10-17(18-2-1-8-29-18)27(23-16)19(28)11-26-24-20(22-25-26)14-7-9-30-12-14/h1-9,12,17H,10-11H2. The number of hydrazone groups is 1. The number of carbonyl (C=O) groups is 1. The van der Waals surface area contributed by atoms with E-state index in [9.17, 15) is 4.79 Å². The minimum Gasteiger partial charge on any atom is -0.467 e. The summed E-state index contributed by atoms with van der Waals surface area (Å²) in [4.78, 5) is 14.4. The molecule has 8 nitrogen and oxygen atoms in total. The van der Waals surface area contributed by atoms with E-state index in [1.165, 1.54) is 9.81 Å². The second-order valence-corrected chi connectivity index (χ2v) is 7.90. The lowest BCUT2D eigenvalue weighted by Crippen LogP contribution is -2.31. The van der Waals surface area contributed by atoms with Crippen LogP contribution in [0.1, 0.15) is 23.8 Å². The minimum atomic E-state index is -0.335. The predicted molar refractivity (Wildman–Crippen MR) is 112 cm³/mol. The molecule has 30 heavy (non-hydrogen) atoms. The smallest absolute Gasteiger partial charge is 0.267 e. The van der Waals surface area contributed by atoms with Gasteiger partial charge in [-0.1, -0.05) is 23.7 Å². The van der Waals surface area contributed by atoms with Crippen molar-refractivity contribution < 1.29 is 9.21 Å². The number of carbonyl (C=O) groups excluding carboxylic acids is 1. The Balaban J connectivity index is 1.40. The van der Waals surface area contributed by atoms with E-state index >= 15 is 0 Å². The number of thiophene rings is 1. The third-order valence-corrected chi connectivity index (χ3v) is 5.66. The Morgan fingerprint density at radius 2 is 2.07 bits per heavy atom. The zero-order valence-corrected chi connectivity index (χ0v) is 17.1. The molecule has 5 rings (SSSR count). The number of furan rings is 1. The number of nitrogens with zero attached hydrogens (tertiary/aromatic N) is 6. The van der Waals surface area contributed by atoms with Crippen LogP contribution in [0.15, 0.2) is 69.0 Å². The molecule has 1 amide bonds. The van der Waals surface area contributed by atoms with Gasteiger partial charge < -0.3 is 4.42 Å². The van der Waals surface area contributed by atoms with Crippen molar-refractivity contribution >= 4 is 34.6 Å². The average Bonchev–Trinajstić information content (AvgIpc) is 3.55. The van der Waals surface area contributed by atoms with Crippen LogP contribution in [0.5, 0.6) is 0 Å². The Kier molecular flexibility index (Phi) is 4.89. The summed E-state index contributed by atoms with van der Waals surface area (Å²) in [6.45, 7) is -0.0776. The lowest BCUT2D eigenvalue weighted by Gasteiger charge is -2.19. The van der Waals surface area contributed by atoms with Gasteiger partial charge in [-0.25, -0.2) is 5.01 Å². The van der Waals surface area contributed by atoms with Gasteiger partial charge in [0.2, 0.25) is 5.82 Å². The SMILES string of the molecule is O=C(Cn1nnc(-c2ccsc2)n1)N1N=C(c2ccc(Cl)cc2)CC1c1ccco1. The first-order valence-electron chi connectivity index (χ1n) is 9.16. The molecule has 0 N–H and O–H groups in total. The summed E-state index contributed by atoms with van der Waals surface area (Å²) in [6.07, 6.45) is 2.12. The molecule has 1 unspecified atom stereocenters. The quantitative estimate of drug-likeness (QED) is 0.469. The molecule has 1 aliphatic heterocycles. The fourth-order valence-corrected chi connectivity index (χ4v) is 4.03. The molecule has 0 saturated heterocycles. The van der Waals surface area contributed by atoms with Crippen molar-refractivity contribution in [3.63, 3.8) is 0 Å². The van der Waals surface area contributed by atoms with Gasteiger partial charge in [0, 0.05) is 22.4 Å². The van der Waals surface area contributed by atoms with Gasteiger partial charge in [-0.05, 0) is 46.5 Å². The first-order chi connectivity index (χ1) is 14.7. The monoisotopic (exact) mass is 438 g/mol. The van der Waals surface area contributed by atoms with E-state index in [0.717, 1.165) is 16.8 Å². The highest BCUT2D eigenvalue weighted by atomic mass is 35.5. The molecule has 0 spiro atoms. The van der Waals surface area contributed by atoms with E-state index in [-0.39, 0.29) is 18.5 Å². The van der Waals surface area contributed by atoms with Gasteiger partial charge in [0.1, 0.15) is 18.3 Å². The van der Waals surface area contributed by atoms with Crippen LogP contribution >= 0.6 is 22.9 Å². The normalized spacial score (nSPS) is 16.1. The van der Waals surface area contributed by atoms with Crippen molar-refractivity contribution in [1.29, 1.82) is 0 Å². The first-order valence-corrected chi connectivity index (χ1v) is 10.5. The number of tetrazole rings is 1. The van der Waals surface area contributed by atoms with Gasteiger partial charge in [0.05, 0.1) is 12.0 Å². The number of amides is 1. The second-order valence-electron chi connectivity index (χ2n) is 6.68. The number of benzene rings is 1. The molecule has 0 bridgehead atoms. The summed E-state index contributed by atoms with van der Waals surface area (Å²) in [5.74, 6) is 0.898. The lowest BCUT2D eigenvalue weighted by atomic mass is 10.0. The number of hydrogen-bond acceptors (Lipinski definition) is 7. The van der Waals surface area contributed by atoms with E-state index in [0.29, 0.717) is 23.0 Å². The van der Waals surface area contributed by atoms with Crippen molar-refractivity contribution in [3.8, 4) is 11.4 Å². The van der Waals surface area contributed by atoms with Crippen molar-refractivity contribution in [2.45, 2.75) is 19.0 Å². The van der Waals surface area contributed by atoms with Crippen molar-refractivity contribution in [3.05, 3.63) is 75.8 Å². The maximum absolute atomic E-state index is 13.1. The number of hydrogen-bond donors (Lipinski definition) is 0. The fourth-order valence-electron chi connectivity index (χ4n) is 3.27. The summed E-state index contributed by atoms with van der Waals surface area (Å²) in [6, 6.07) is 12.6. The van der Waals surface area contributed by atoms with Gasteiger partial charge in [-0.3, -0.25) is 4.79 Å². The van der Waals surface area contributed by atoms with Crippen molar-refractivity contribution in [1.82, 2.24) is 25.2 Å². The van der Waals surface area contributed by atoms with Crippen LogP contribution in [0.4, 0.5) is 0 Å². The van der Waals surface area contributed by atoms with E-state index in [4.69, 9.17) is 16.0 Å². The van der Waals surface area contributed by atoms with Crippen LogP contribution in [0, 0.1) is 0 Å². The Labute approximate surface area is 180 Å². The van der Waals surface area contributed by atoms with Crippen molar-refractivity contribution in [2.75, 3.05) is 0 Å². The number of halogens is 1. The average molecular weight is 439 g/mol. The fraction of sp³-hybridized carbons (Fsp3) is 0.150. The Morgan fingerprint density at radius 3 is 2.80 bits per heavy atom. The zero-order chi connectivity index (χ0) is 20.5. The molecular weight excluding hydrogens is 424 g/mol. The topological polar surface area (TPSA) is 89.4 Å². The van der Waals surface area contributed by atoms with Gasteiger partial charge in [0.25, 0.3) is 5.91 Å². The summed E-state index contributed by atoms with van der Waals surface area (Å²) in [7, 11) is 0. The molecule has 10 heteroatoms. The van der Waals surface area contributed by atoms with Crippen molar-refractivity contribution in [2.24, 2.45) is 5.10 Å². The van der Waals surface area contributed by atoms with Crippen LogP contribution < -0.4 is 0 Å². The molecule has 4 aromatic rings. The summed E-state index contributed by atoms with van der Waals surface area (Å²) >= 11 is 7.54. The Morgan fingerprint density at radius 1 is 1.20 bits per heavy atom. The molecular formula is C20H15ClN6O2S. The largest absolute Gasteiger partial charge is 0.467 e. The summed E-state index contributed by atoms with van der Waals surface area (Å²) in [5, 5.41) is 22.9. The Hall–Kier alpha value is -3.30. The molecule has 1 atom stereocenters. The molecule has 1 aliphatic rings. The van der Waals surface area contributed by atoms with Crippen LogP contribution in [-0.4, -0.2) is 36.8 Å². The summed E-state index contributed by atoms with van der Waals surface area (Å²) in [5.41, 5.74) is 2.56. The maximum atomic E-state index is 13.1. The molecule has 4 heterocycles. The van der Waals surface area contributed by atoms with Gasteiger partial charge in [-0.15, -0.1) is 10.2 Å². The van der Waals surface area contributed by atoms with E-state index in [2.05, 4.69) is 20.5 Å². The third-order valence-electron chi connectivity index (χ3n) is 4.72. The van der Waals surface area contributed by atoms with E-state index < -0.39 is 0 Å². The summed E-state index contributed by atoms with van der Waals surface area (Å²) < 4.78 is 5.57. The van der Waals surface area contributed by atoms with Gasteiger partial charge >= 0.3 is 0 Å². The van der Waals surface area contributed by atoms with Crippen LogP contribution in [0.3, 0.4) is 0 Å². The molecule has 0 fully saturated rings. The molecule has 150 valence electrons. The van der Waals surface area contributed by atoms with E-state index in [1.54, 1.807) is 35.8 Å². The van der Waals surface area contributed by atoms with Gasteiger partial charge in [0.15, 0.2) is 0 Å². The molecule has 0 saturated carbocycles. The van der Waals surface area contributed by atoms with E-state index in [1.807, 2.05) is 35.0 Å². The molecule has 3 aromatic heterocycles.